The molecule has 0 bridgehead atoms. The maximum atomic E-state index is 13.5. The number of hydrogen-bond acceptors (Lipinski definition) is 7. The Morgan fingerprint density at radius 1 is 0.850 bits per heavy atom. The quantitative estimate of drug-likeness (QED) is 0.176. The number of fused-ring (bicyclic) bond motifs is 1. The van der Waals surface area contributed by atoms with Gasteiger partial charge >= 0.3 is 0 Å². The lowest BCUT2D eigenvalue weighted by molar-refractivity contribution is -0.139. The number of aromatic nitrogens is 1. The van der Waals surface area contributed by atoms with Crippen LogP contribution in [0.5, 0.6) is 23.0 Å². The fourth-order valence-corrected chi connectivity index (χ4v) is 5.12. The lowest BCUT2D eigenvalue weighted by Gasteiger charge is -2.26. The number of aliphatic hydroxyl groups excluding tert-OH is 1. The molecular formula is C31H30N2O7. The standard InChI is InChI=1S/C31H30N2O7/c1-37-21-8-5-18(6-9-21)29(34)27-28(19-7-12-25(39-3)26(15-19)40-4)33(31(36)30(27)35)14-13-20-17-32-24-11-10-22(38-2)16-23(20)24/h5-12,15-17,28,32,34H,13-14H2,1-4H3/b29-27-. The topological polar surface area (TPSA) is 110 Å². The van der Waals surface area contributed by atoms with E-state index in [0.717, 1.165) is 22.2 Å². The van der Waals surface area contributed by atoms with E-state index in [2.05, 4.69) is 4.98 Å². The van der Waals surface area contributed by atoms with Crippen molar-refractivity contribution in [3.63, 3.8) is 0 Å². The molecule has 1 aliphatic rings. The first-order valence-electron chi connectivity index (χ1n) is 12.7. The van der Waals surface area contributed by atoms with Crippen LogP contribution in [-0.4, -0.2) is 61.7 Å². The van der Waals surface area contributed by atoms with Crippen molar-refractivity contribution in [3.8, 4) is 23.0 Å². The molecule has 2 N–H and O–H groups in total. The van der Waals surface area contributed by atoms with Crippen molar-refractivity contribution in [2.24, 2.45) is 0 Å². The van der Waals surface area contributed by atoms with E-state index in [0.29, 0.717) is 34.8 Å². The normalized spacial score (nSPS) is 16.4. The molecule has 9 heteroatoms. The van der Waals surface area contributed by atoms with Gasteiger partial charge in [0.25, 0.3) is 11.7 Å². The molecule has 0 aliphatic carbocycles. The number of ketones is 1. The number of nitrogens with one attached hydrogen (secondary N) is 1. The summed E-state index contributed by atoms with van der Waals surface area (Å²) in [5.41, 5.74) is 2.91. The van der Waals surface area contributed by atoms with Crippen LogP contribution in [0.1, 0.15) is 22.7 Å². The highest BCUT2D eigenvalue weighted by Crippen LogP contribution is 2.42. The van der Waals surface area contributed by atoms with E-state index in [1.54, 1.807) is 56.7 Å². The summed E-state index contributed by atoms with van der Waals surface area (Å²) in [6.07, 6.45) is 2.36. The van der Waals surface area contributed by atoms with Crippen LogP contribution in [0.4, 0.5) is 0 Å². The van der Waals surface area contributed by atoms with Crippen LogP contribution in [0.25, 0.3) is 16.7 Å². The highest BCUT2D eigenvalue weighted by atomic mass is 16.5. The Morgan fingerprint density at radius 2 is 1.55 bits per heavy atom. The Labute approximate surface area is 231 Å². The minimum Gasteiger partial charge on any atom is -0.507 e. The first-order valence-corrected chi connectivity index (χ1v) is 12.7. The van der Waals surface area contributed by atoms with Crippen LogP contribution in [0.2, 0.25) is 0 Å². The van der Waals surface area contributed by atoms with Gasteiger partial charge in [-0.1, -0.05) is 6.07 Å². The van der Waals surface area contributed by atoms with Gasteiger partial charge in [-0.15, -0.1) is 0 Å². The molecule has 1 aliphatic heterocycles. The fraction of sp³-hybridized carbons (Fsp3) is 0.226. The van der Waals surface area contributed by atoms with Crippen LogP contribution in [-0.2, 0) is 16.0 Å². The summed E-state index contributed by atoms with van der Waals surface area (Å²) < 4.78 is 21.5. The van der Waals surface area contributed by atoms with E-state index in [1.807, 2.05) is 24.4 Å². The highest BCUT2D eigenvalue weighted by molar-refractivity contribution is 6.46. The minimum absolute atomic E-state index is 0.00276. The summed E-state index contributed by atoms with van der Waals surface area (Å²) in [5, 5.41) is 12.3. The average Bonchev–Trinajstić information content (AvgIpc) is 3.52. The molecular weight excluding hydrogens is 512 g/mol. The number of methoxy groups -OCH3 is 4. The van der Waals surface area contributed by atoms with Crippen molar-refractivity contribution >= 4 is 28.4 Å². The van der Waals surface area contributed by atoms with Crippen LogP contribution >= 0.6 is 0 Å². The van der Waals surface area contributed by atoms with Crippen molar-refractivity contribution in [3.05, 3.63) is 89.1 Å². The number of amides is 1. The Hall–Kier alpha value is -4.92. The van der Waals surface area contributed by atoms with Crippen molar-refractivity contribution in [1.82, 2.24) is 9.88 Å². The van der Waals surface area contributed by atoms with Crippen molar-refractivity contribution < 1.29 is 33.6 Å². The van der Waals surface area contributed by atoms with Gasteiger partial charge in [0.1, 0.15) is 17.3 Å². The number of Topliss-reactive ketones (excluding diaryl/α,β-unsaturated/α-hetero) is 1. The van der Waals surface area contributed by atoms with E-state index in [1.165, 1.54) is 19.1 Å². The zero-order chi connectivity index (χ0) is 28.4. The molecule has 4 aromatic rings. The Morgan fingerprint density at radius 3 is 2.23 bits per heavy atom. The average molecular weight is 543 g/mol. The van der Waals surface area contributed by atoms with Crippen LogP contribution < -0.4 is 18.9 Å². The van der Waals surface area contributed by atoms with Crippen molar-refractivity contribution in [1.29, 1.82) is 0 Å². The van der Waals surface area contributed by atoms with Gasteiger partial charge in [0.2, 0.25) is 0 Å². The molecule has 40 heavy (non-hydrogen) atoms. The molecule has 206 valence electrons. The SMILES string of the molecule is COc1ccc(/C(O)=C2/C(=O)C(=O)N(CCc3c[nH]c4ccc(OC)cc34)C2c2ccc(OC)c(OC)c2)cc1. The first-order chi connectivity index (χ1) is 19.4. The molecule has 5 rings (SSSR count). The van der Waals surface area contributed by atoms with Crippen molar-refractivity contribution in [2.45, 2.75) is 12.5 Å². The predicted octanol–water partition coefficient (Wildman–Crippen LogP) is 4.87. The molecule has 0 radical (unpaired) electrons. The smallest absolute Gasteiger partial charge is 0.295 e. The second kappa shape index (κ2) is 11.1. The predicted molar refractivity (Wildman–Crippen MR) is 150 cm³/mol. The van der Waals surface area contributed by atoms with E-state index in [4.69, 9.17) is 18.9 Å². The summed E-state index contributed by atoms with van der Waals surface area (Å²) in [6.45, 7) is 0.229. The number of ether oxygens (including phenoxy) is 4. The Kier molecular flexibility index (Phi) is 7.37. The van der Waals surface area contributed by atoms with E-state index in [9.17, 15) is 14.7 Å². The van der Waals surface area contributed by atoms with Gasteiger partial charge in [-0.3, -0.25) is 9.59 Å². The van der Waals surface area contributed by atoms with Gasteiger partial charge in [0.05, 0.1) is 40.1 Å². The second-order valence-corrected chi connectivity index (χ2v) is 9.31. The maximum absolute atomic E-state index is 13.5. The van der Waals surface area contributed by atoms with Gasteiger partial charge in [-0.05, 0) is 72.1 Å². The summed E-state index contributed by atoms with van der Waals surface area (Å²) >= 11 is 0. The molecule has 1 atom stereocenters. The number of carbonyl (C=O) groups is 2. The zero-order valence-corrected chi connectivity index (χ0v) is 22.7. The molecule has 1 amide bonds. The summed E-state index contributed by atoms with van der Waals surface area (Å²) in [4.78, 5) is 31.7. The summed E-state index contributed by atoms with van der Waals surface area (Å²) in [5.74, 6) is 0.563. The minimum atomic E-state index is -0.846. The van der Waals surface area contributed by atoms with E-state index in [-0.39, 0.29) is 17.9 Å². The number of nitrogens with zero attached hydrogens (tertiary/aromatic N) is 1. The van der Waals surface area contributed by atoms with Gasteiger partial charge < -0.3 is 33.9 Å². The van der Waals surface area contributed by atoms with E-state index >= 15 is 0 Å². The van der Waals surface area contributed by atoms with Crippen LogP contribution in [0, 0.1) is 0 Å². The number of carbonyl (C=O) groups excluding carboxylic acids is 2. The number of hydrogen-bond donors (Lipinski definition) is 2. The van der Waals surface area contributed by atoms with Crippen LogP contribution in [0.3, 0.4) is 0 Å². The van der Waals surface area contributed by atoms with Gasteiger partial charge in [-0.25, -0.2) is 0 Å². The van der Waals surface area contributed by atoms with E-state index < -0.39 is 17.7 Å². The largest absolute Gasteiger partial charge is 0.507 e. The molecule has 9 nitrogen and oxygen atoms in total. The third kappa shape index (κ3) is 4.70. The lowest BCUT2D eigenvalue weighted by Crippen LogP contribution is -2.31. The monoisotopic (exact) mass is 542 g/mol. The van der Waals surface area contributed by atoms with Gasteiger partial charge in [0, 0.05) is 29.2 Å². The zero-order valence-electron chi connectivity index (χ0n) is 22.7. The maximum Gasteiger partial charge on any atom is 0.295 e. The number of rotatable bonds is 9. The number of benzene rings is 3. The number of H-pyrrole nitrogens is 1. The van der Waals surface area contributed by atoms with Crippen molar-refractivity contribution in [2.75, 3.05) is 35.0 Å². The van der Waals surface area contributed by atoms with Gasteiger partial charge in [-0.2, -0.15) is 0 Å². The molecule has 0 saturated carbocycles. The second-order valence-electron chi connectivity index (χ2n) is 9.31. The molecule has 1 unspecified atom stereocenters. The molecule has 1 saturated heterocycles. The number of aliphatic hydroxyl groups is 1. The first kappa shape index (κ1) is 26.7. The van der Waals surface area contributed by atoms with Gasteiger partial charge in [0.15, 0.2) is 11.5 Å². The lowest BCUT2D eigenvalue weighted by atomic mass is 9.94. The number of aromatic amines is 1. The Balaban J connectivity index is 1.58. The Bertz CT molecular complexity index is 1600. The fourth-order valence-electron chi connectivity index (χ4n) is 5.12. The number of likely N-dealkylation sites (tertiary alicyclic amines) is 1. The molecule has 1 fully saturated rings. The molecule has 1 aromatic heterocycles. The van der Waals surface area contributed by atoms with Crippen LogP contribution in [0.15, 0.2) is 72.4 Å². The third-order valence-electron chi connectivity index (χ3n) is 7.22. The highest BCUT2D eigenvalue weighted by Gasteiger charge is 2.46. The molecule has 3 aromatic carbocycles. The molecule has 2 heterocycles. The molecule has 0 spiro atoms. The summed E-state index contributed by atoms with van der Waals surface area (Å²) in [6, 6.07) is 16.8. The third-order valence-corrected chi connectivity index (χ3v) is 7.22. The summed E-state index contributed by atoms with van der Waals surface area (Å²) in [7, 11) is 6.20.